The Labute approximate surface area is 198 Å². The van der Waals surface area contributed by atoms with Crippen LogP contribution in [0, 0.1) is 0 Å². The van der Waals surface area contributed by atoms with E-state index in [0.717, 1.165) is 34.0 Å². The van der Waals surface area contributed by atoms with E-state index in [4.69, 9.17) is 14.6 Å². The molecule has 4 rings (SSSR count). The van der Waals surface area contributed by atoms with Crippen molar-refractivity contribution < 1.29 is 19.4 Å². The number of carboxylic acid groups (broad SMARTS) is 1. The zero-order valence-corrected chi connectivity index (χ0v) is 21.0. The second-order valence-corrected chi connectivity index (χ2v) is 15.0. The van der Waals surface area contributed by atoms with Crippen LogP contribution in [0.4, 0.5) is 10.6 Å². The van der Waals surface area contributed by atoms with E-state index in [2.05, 4.69) is 51.2 Å². The molecule has 3 aromatic heterocycles. The van der Waals surface area contributed by atoms with Gasteiger partial charge < -0.3 is 19.1 Å². The Morgan fingerprint density at radius 3 is 2.74 bits per heavy atom. The Kier molecular flexibility index (Phi) is 6.49. The van der Waals surface area contributed by atoms with Gasteiger partial charge in [-0.1, -0.05) is 19.6 Å². The quantitative estimate of drug-likeness (QED) is 0.183. The van der Waals surface area contributed by atoms with Crippen molar-refractivity contribution in [2.75, 3.05) is 19.1 Å². The minimum Gasteiger partial charge on any atom is -0.497 e. The molecule has 0 unspecified atom stereocenters. The van der Waals surface area contributed by atoms with E-state index in [0.29, 0.717) is 30.3 Å². The highest BCUT2D eigenvalue weighted by Gasteiger charge is 2.19. The summed E-state index contributed by atoms with van der Waals surface area (Å²) in [7, 11) is 2.44. The Morgan fingerprint density at radius 2 is 2.03 bits per heavy atom. The summed E-state index contributed by atoms with van der Waals surface area (Å²) in [5.74, 6) is 1.08. The zero-order valence-electron chi connectivity index (χ0n) is 20.0. The van der Waals surface area contributed by atoms with E-state index < -0.39 is 14.2 Å². The highest BCUT2D eigenvalue weighted by molar-refractivity contribution is 6.76. The van der Waals surface area contributed by atoms with E-state index in [-0.39, 0.29) is 0 Å². The molecule has 34 heavy (non-hydrogen) atoms. The molecule has 11 heteroatoms. The number of aromatic nitrogens is 4. The average molecular weight is 483 g/mol. The molecular weight excluding hydrogens is 452 g/mol. The van der Waals surface area contributed by atoms with Gasteiger partial charge >= 0.3 is 6.09 Å². The SMILES string of the molecule is COc1ccc2c(c1)c(-c1cc3nc(NNC(=O)O)cnc3n1COCC[Si](C)(C)C)cn2C. The van der Waals surface area contributed by atoms with Gasteiger partial charge in [0.2, 0.25) is 0 Å². The number of aryl methyl sites for hydroxylation is 1. The lowest BCUT2D eigenvalue weighted by atomic mass is 10.1. The van der Waals surface area contributed by atoms with Gasteiger partial charge in [0.25, 0.3) is 0 Å². The first-order chi connectivity index (χ1) is 16.2. The van der Waals surface area contributed by atoms with Gasteiger partial charge in [0, 0.05) is 44.4 Å². The van der Waals surface area contributed by atoms with E-state index in [1.807, 2.05) is 35.9 Å². The molecule has 0 bridgehead atoms. The monoisotopic (exact) mass is 482 g/mol. The number of ether oxygens (including phenoxy) is 2. The van der Waals surface area contributed by atoms with Crippen LogP contribution in [0.3, 0.4) is 0 Å². The number of fused-ring (bicyclic) bond motifs is 2. The van der Waals surface area contributed by atoms with Gasteiger partial charge in [-0.15, -0.1) is 0 Å². The fraction of sp³-hybridized carbons (Fsp3) is 0.348. The summed E-state index contributed by atoms with van der Waals surface area (Å²) >= 11 is 0. The number of nitrogens with zero attached hydrogens (tertiary/aromatic N) is 4. The molecule has 0 atom stereocenters. The predicted molar refractivity (Wildman–Crippen MR) is 135 cm³/mol. The van der Waals surface area contributed by atoms with Crippen molar-refractivity contribution in [3.8, 4) is 17.0 Å². The molecular formula is C23H30N6O4Si. The van der Waals surface area contributed by atoms with E-state index in [9.17, 15) is 4.79 Å². The second-order valence-electron chi connectivity index (χ2n) is 9.36. The first-order valence-electron chi connectivity index (χ1n) is 11.0. The average Bonchev–Trinajstić information content (AvgIpc) is 3.31. The second kappa shape index (κ2) is 9.35. The van der Waals surface area contributed by atoms with Gasteiger partial charge in [-0.2, -0.15) is 0 Å². The van der Waals surface area contributed by atoms with Crippen LogP contribution in [0.5, 0.6) is 5.75 Å². The number of benzene rings is 1. The van der Waals surface area contributed by atoms with Gasteiger partial charge in [0.15, 0.2) is 11.5 Å². The standard InChI is InChI=1S/C23H30N6O4Si/c1-28-13-17(16-10-15(32-2)6-7-19(16)28)20-11-18-22(24-12-21(25-18)26-27-23(30)31)29(20)14-33-8-9-34(3,4)5/h6-7,10-13,27H,8-9,14H2,1-5H3,(H,25,26)(H,30,31). The number of hydrogen-bond donors (Lipinski definition) is 3. The van der Waals surface area contributed by atoms with Crippen LogP contribution in [-0.4, -0.2) is 52.1 Å². The van der Waals surface area contributed by atoms with Crippen molar-refractivity contribution in [1.82, 2.24) is 24.5 Å². The lowest BCUT2D eigenvalue weighted by Crippen LogP contribution is -2.27. The Bertz CT molecular complexity index is 1340. The van der Waals surface area contributed by atoms with Gasteiger partial charge in [-0.3, -0.25) is 9.99 Å². The summed E-state index contributed by atoms with van der Waals surface area (Å²) in [6.07, 6.45) is 2.36. The summed E-state index contributed by atoms with van der Waals surface area (Å²) in [6.45, 7) is 7.97. The molecule has 1 aromatic carbocycles. The molecule has 0 aliphatic heterocycles. The molecule has 180 valence electrons. The predicted octanol–water partition coefficient (Wildman–Crippen LogP) is 4.51. The number of nitrogens with one attached hydrogen (secondary N) is 2. The first-order valence-corrected chi connectivity index (χ1v) is 14.7. The number of anilines is 1. The van der Waals surface area contributed by atoms with Crippen LogP contribution in [0.25, 0.3) is 33.3 Å². The van der Waals surface area contributed by atoms with Crippen LogP contribution in [0.1, 0.15) is 0 Å². The summed E-state index contributed by atoms with van der Waals surface area (Å²) in [4.78, 5) is 19.9. The number of rotatable bonds is 9. The van der Waals surface area contributed by atoms with Gasteiger partial charge in [-0.25, -0.2) is 20.2 Å². The number of methoxy groups -OCH3 is 1. The molecule has 3 heterocycles. The topological polar surface area (TPSA) is 115 Å². The summed E-state index contributed by atoms with van der Waals surface area (Å²) in [5.41, 5.74) is 8.90. The minimum absolute atomic E-state index is 0.304. The Morgan fingerprint density at radius 1 is 1.24 bits per heavy atom. The van der Waals surface area contributed by atoms with Crippen molar-refractivity contribution in [3.05, 3.63) is 36.7 Å². The van der Waals surface area contributed by atoms with Crippen molar-refractivity contribution in [2.45, 2.75) is 32.4 Å². The maximum atomic E-state index is 10.8. The number of hydrogen-bond acceptors (Lipinski definition) is 6. The molecule has 0 fully saturated rings. The lowest BCUT2D eigenvalue weighted by molar-refractivity contribution is 0.0909. The third kappa shape index (κ3) is 5.00. The maximum absolute atomic E-state index is 10.8. The maximum Gasteiger partial charge on any atom is 0.423 e. The van der Waals surface area contributed by atoms with Crippen LogP contribution >= 0.6 is 0 Å². The smallest absolute Gasteiger partial charge is 0.423 e. The molecule has 4 aromatic rings. The Balaban J connectivity index is 1.79. The van der Waals surface area contributed by atoms with Crippen LogP contribution < -0.4 is 15.6 Å². The van der Waals surface area contributed by atoms with Crippen molar-refractivity contribution in [2.24, 2.45) is 7.05 Å². The van der Waals surface area contributed by atoms with Gasteiger partial charge in [0.1, 0.15) is 18.0 Å². The fourth-order valence-electron chi connectivity index (χ4n) is 3.79. The van der Waals surface area contributed by atoms with Gasteiger partial charge in [-0.05, 0) is 30.3 Å². The molecule has 0 aliphatic rings. The minimum atomic E-state index is -1.22. The highest BCUT2D eigenvalue weighted by Crippen LogP contribution is 2.35. The third-order valence-corrected chi connectivity index (χ3v) is 7.29. The number of amides is 1. The molecule has 1 amide bonds. The molecule has 0 saturated heterocycles. The van der Waals surface area contributed by atoms with E-state index >= 15 is 0 Å². The lowest BCUT2D eigenvalue weighted by Gasteiger charge is -2.16. The van der Waals surface area contributed by atoms with Crippen molar-refractivity contribution in [3.63, 3.8) is 0 Å². The van der Waals surface area contributed by atoms with E-state index in [1.54, 1.807) is 7.11 Å². The summed E-state index contributed by atoms with van der Waals surface area (Å²) in [6, 6.07) is 9.00. The number of hydrazine groups is 1. The van der Waals surface area contributed by atoms with Gasteiger partial charge in [0.05, 0.1) is 19.0 Å². The van der Waals surface area contributed by atoms with E-state index in [1.165, 1.54) is 6.20 Å². The third-order valence-electron chi connectivity index (χ3n) is 5.59. The molecule has 0 radical (unpaired) electrons. The summed E-state index contributed by atoms with van der Waals surface area (Å²) < 4.78 is 15.6. The molecule has 3 N–H and O–H groups in total. The molecule has 10 nitrogen and oxygen atoms in total. The largest absolute Gasteiger partial charge is 0.497 e. The van der Waals surface area contributed by atoms with Crippen molar-refractivity contribution >= 4 is 42.1 Å². The highest BCUT2D eigenvalue weighted by atomic mass is 28.3. The fourth-order valence-corrected chi connectivity index (χ4v) is 4.55. The molecule has 0 spiro atoms. The van der Waals surface area contributed by atoms with Crippen LogP contribution in [-0.2, 0) is 18.5 Å². The molecule has 0 aliphatic carbocycles. The summed E-state index contributed by atoms with van der Waals surface area (Å²) in [5, 5.41) is 9.90. The first kappa shape index (κ1) is 23.6. The Hall–Kier alpha value is -3.57. The normalized spacial score (nSPS) is 11.8. The van der Waals surface area contributed by atoms with Crippen molar-refractivity contribution in [1.29, 1.82) is 0 Å². The van der Waals surface area contributed by atoms with Crippen LogP contribution in [0.15, 0.2) is 36.7 Å². The number of carbonyl (C=O) groups is 1. The zero-order chi connectivity index (χ0) is 24.5. The molecule has 0 saturated carbocycles. The van der Waals surface area contributed by atoms with Crippen LogP contribution in [0.2, 0.25) is 25.7 Å².